The van der Waals surface area contributed by atoms with E-state index in [1.165, 1.54) is 0 Å². The average Bonchev–Trinajstić information content (AvgIpc) is 2.33. The fraction of sp³-hybridized carbons (Fsp3) is 0.636. The van der Waals surface area contributed by atoms with Crippen molar-refractivity contribution < 1.29 is 5.11 Å². The maximum absolute atomic E-state index is 11.3. The Morgan fingerprint density at radius 2 is 2.18 bits per heavy atom. The van der Waals surface area contributed by atoms with Gasteiger partial charge in [-0.2, -0.15) is 5.10 Å². The van der Waals surface area contributed by atoms with E-state index in [0.717, 1.165) is 37.9 Å². The second-order valence-electron chi connectivity index (χ2n) is 4.48. The van der Waals surface area contributed by atoms with Gasteiger partial charge in [-0.15, -0.1) is 0 Å². The molecule has 0 aliphatic heterocycles. The number of halogens is 1. The molecule has 1 saturated carbocycles. The van der Waals surface area contributed by atoms with E-state index in [4.69, 9.17) is 0 Å². The monoisotopic (exact) mass is 301 g/mol. The molecule has 1 heterocycles. The Balaban J connectivity index is 1.90. The molecule has 0 atom stereocenters. The van der Waals surface area contributed by atoms with Gasteiger partial charge in [0.05, 0.1) is 18.0 Å². The lowest BCUT2D eigenvalue weighted by Crippen LogP contribution is -2.24. The third-order valence-electron chi connectivity index (χ3n) is 3.19. The molecule has 0 spiro atoms. The zero-order valence-corrected chi connectivity index (χ0v) is 11.0. The van der Waals surface area contributed by atoms with E-state index in [1.54, 1.807) is 6.20 Å². The molecule has 0 radical (unpaired) electrons. The van der Waals surface area contributed by atoms with E-state index in [1.807, 2.05) is 0 Å². The smallest absolute Gasteiger partial charge is 0.280 e. The number of nitrogens with zero attached hydrogens (tertiary/aromatic N) is 1. The molecule has 1 fully saturated rings. The van der Waals surface area contributed by atoms with Crippen LogP contribution in [0.1, 0.15) is 25.7 Å². The number of hydrogen-bond acceptors (Lipinski definition) is 4. The average molecular weight is 302 g/mol. The maximum atomic E-state index is 11.3. The second-order valence-corrected chi connectivity index (χ2v) is 5.28. The molecule has 6 heteroatoms. The van der Waals surface area contributed by atoms with Gasteiger partial charge in [-0.05, 0) is 47.5 Å². The fourth-order valence-electron chi connectivity index (χ4n) is 2.11. The summed E-state index contributed by atoms with van der Waals surface area (Å²) >= 11 is 3.23. The normalized spacial score (nSPS) is 24.6. The Kier molecular flexibility index (Phi) is 4.17. The van der Waals surface area contributed by atoms with Crippen molar-refractivity contribution >= 4 is 21.6 Å². The molecule has 17 heavy (non-hydrogen) atoms. The van der Waals surface area contributed by atoms with Crippen LogP contribution in [0.2, 0.25) is 0 Å². The third-order valence-corrected chi connectivity index (χ3v) is 3.98. The topological polar surface area (TPSA) is 78.0 Å². The SMILES string of the molecule is O=c1[nH]ncc(NCC2CCC(O)CC2)c1Br. The minimum absolute atomic E-state index is 0.126. The van der Waals surface area contributed by atoms with Gasteiger partial charge >= 0.3 is 0 Å². The molecule has 1 aliphatic rings. The molecular formula is C11H16BrN3O2. The van der Waals surface area contributed by atoms with Crippen molar-refractivity contribution in [2.45, 2.75) is 31.8 Å². The molecule has 0 aromatic carbocycles. The van der Waals surface area contributed by atoms with Crippen LogP contribution in [0.5, 0.6) is 0 Å². The summed E-state index contributed by atoms with van der Waals surface area (Å²) in [6.07, 6.45) is 5.29. The van der Waals surface area contributed by atoms with Crippen molar-refractivity contribution in [3.05, 3.63) is 21.0 Å². The Morgan fingerprint density at radius 1 is 1.47 bits per heavy atom. The van der Waals surface area contributed by atoms with E-state index in [-0.39, 0.29) is 11.7 Å². The first-order valence-corrected chi connectivity index (χ1v) is 6.61. The summed E-state index contributed by atoms with van der Waals surface area (Å²) in [7, 11) is 0. The summed E-state index contributed by atoms with van der Waals surface area (Å²) < 4.78 is 0.489. The highest BCUT2D eigenvalue weighted by molar-refractivity contribution is 9.10. The first-order chi connectivity index (χ1) is 8.16. The summed E-state index contributed by atoms with van der Waals surface area (Å²) in [5, 5.41) is 18.7. The van der Waals surface area contributed by atoms with Crippen LogP contribution < -0.4 is 10.9 Å². The molecule has 0 unspecified atom stereocenters. The molecule has 1 aromatic rings. The third kappa shape index (κ3) is 3.29. The number of aliphatic hydroxyl groups is 1. The lowest BCUT2D eigenvalue weighted by Gasteiger charge is -2.25. The molecule has 3 N–H and O–H groups in total. The van der Waals surface area contributed by atoms with Gasteiger partial charge in [0, 0.05) is 6.54 Å². The quantitative estimate of drug-likeness (QED) is 0.790. The van der Waals surface area contributed by atoms with Crippen LogP contribution >= 0.6 is 15.9 Å². The van der Waals surface area contributed by atoms with Crippen LogP contribution in [0.4, 0.5) is 5.69 Å². The van der Waals surface area contributed by atoms with E-state index < -0.39 is 0 Å². The molecule has 5 nitrogen and oxygen atoms in total. The predicted molar refractivity (Wildman–Crippen MR) is 69.0 cm³/mol. The zero-order chi connectivity index (χ0) is 12.3. The largest absolute Gasteiger partial charge is 0.393 e. The highest BCUT2D eigenvalue weighted by Gasteiger charge is 2.19. The van der Waals surface area contributed by atoms with Crippen LogP contribution in [0.3, 0.4) is 0 Å². The van der Waals surface area contributed by atoms with Crippen LogP contribution in [0, 0.1) is 5.92 Å². The summed E-state index contributed by atoms with van der Waals surface area (Å²) in [5.74, 6) is 0.560. The standard InChI is InChI=1S/C11H16BrN3O2/c12-10-9(6-14-15-11(10)17)13-5-7-1-3-8(16)4-2-7/h6-8,16H,1-5H2,(H2,13,15,17). The van der Waals surface area contributed by atoms with Gasteiger partial charge in [0.1, 0.15) is 4.47 Å². The van der Waals surface area contributed by atoms with Crippen molar-refractivity contribution in [2.75, 3.05) is 11.9 Å². The van der Waals surface area contributed by atoms with Gasteiger partial charge < -0.3 is 10.4 Å². The van der Waals surface area contributed by atoms with Crippen LogP contribution in [-0.2, 0) is 0 Å². The highest BCUT2D eigenvalue weighted by atomic mass is 79.9. The molecule has 0 saturated heterocycles. The number of nitrogens with one attached hydrogen (secondary N) is 2. The Hall–Kier alpha value is -0.880. The Morgan fingerprint density at radius 3 is 2.88 bits per heavy atom. The Labute approximate surface area is 108 Å². The highest BCUT2D eigenvalue weighted by Crippen LogP contribution is 2.25. The van der Waals surface area contributed by atoms with Gasteiger partial charge in [-0.3, -0.25) is 4.79 Å². The molecule has 94 valence electrons. The Bertz CT molecular complexity index is 427. The fourth-order valence-corrected chi connectivity index (χ4v) is 2.44. The van der Waals surface area contributed by atoms with Crippen molar-refractivity contribution in [2.24, 2.45) is 5.92 Å². The molecule has 1 aromatic heterocycles. The molecule has 0 bridgehead atoms. The van der Waals surface area contributed by atoms with E-state index in [0.29, 0.717) is 10.4 Å². The summed E-state index contributed by atoms with van der Waals surface area (Å²) in [5.41, 5.74) is 0.494. The number of rotatable bonds is 3. The molecule has 0 amide bonds. The van der Waals surface area contributed by atoms with Crippen LogP contribution in [0.25, 0.3) is 0 Å². The van der Waals surface area contributed by atoms with Crippen molar-refractivity contribution in [1.82, 2.24) is 10.2 Å². The minimum Gasteiger partial charge on any atom is -0.393 e. The van der Waals surface area contributed by atoms with E-state index in [9.17, 15) is 9.90 Å². The van der Waals surface area contributed by atoms with Crippen LogP contribution in [0.15, 0.2) is 15.5 Å². The van der Waals surface area contributed by atoms with Crippen molar-refractivity contribution in [3.63, 3.8) is 0 Å². The minimum atomic E-state index is -0.228. The zero-order valence-electron chi connectivity index (χ0n) is 9.45. The van der Waals surface area contributed by atoms with Crippen LogP contribution in [-0.4, -0.2) is 28.0 Å². The number of anilines is 1. The number of aromatic amines is 1. The van der Waals surface area contributed by atoms with Gasteiger partial charge in [-0.25, -0.2) is 5.10 Å². The number of aromatic nitrogens is 2. The number of H-pyrrole nitrogens is 1. The molecule has 1 aliphatic carbocycles. The van der Waals surface area contributed by atoms with Gasteiger partial charge in [-0.1, -0.05) is 0 Å². The van der Waals surface area contributed by atoms with E-state index >= 15 is 0 Å². The maximum Gasteiger partial charge on any atom is 0.280 e. The lowest BCUT2D eigenvalue weighted by atomic mass is 9.87. The van der Waals surface area contributed by atoms with Crippen molar-refractivity contribution in [1.29, 1.82) is 0 Å². The number of aliphatic hydroxyl groups excluding tert-OH is 1. The molecule has 2 rings (SSSR count). The van der Waals surface area contributed by atoms with Crippen molar-refractivity contribution in [3.8, 4) is 0 Å². The first-order valence-electron chi connectivity index (χ1n) is 5.82. The second kappa shape index (κ2) is 5.64. The summed E-state index contributed by atoms with van der Waals surface area (Å²) in [6, 6.07) is 0. The van der Waals surface area contributed by atoms with Gasteiger partial charge in [0.15, 0.2) is 0 Å². The molecular weight excluding hydrogens is 286 g/mol. The lowest BCUT2D eigenvalue weighted by molar-refractivity contribution is 0.111. The predicted octanol–water partition coefficient (Wildman–Crippen LogP) is 1.50. The first kappa shape index (κ1) is 12.6. The van der Waals surface area contributed by atoms with Gasteiger partial charge in [0.25, 0.3) is 5.56 Å². The summed E-state index contributed by atoms with van der Waals surface area (Å²) in [6.45, 7) is 0.816. The van der Waals surface area contributed by atoms with Gasteiger partial charge in [0.2, 0.25) is 0 Å². The van der Waals surface area contributed by atoms with E-state index in [2.05, 4.69) is 31.4 Å². The summed E-state index contributed by atoms with van der Waals surface area (Å²) in [4.78, 5) is 11.3. The number of hydrogen-bond donors (Lipinski definition) is 3.